The summed E-state index contributed by atoms with van der Waals surface area (Å²) in [6, 6.07) is 0. The van der Waals surface area contributed by atoms with Crippen molar-refractivity contribution in [2.45, 2.75) is 156 Å². The van der Waals surface area contributed by atoms with Crippen molar-refractivity contribution in [1.29, 1.82) is 0 Å². The molecule has 8 saturated carbocycles. The van der Waals surface area contributed by atoms with Gasteiger partial charge in [0.05, 0.1) is 0 Å². The molecule has 8 aliphatic carbocycles. The lowest BCUT2D eigenvalue weighted by Crippen LogP contribution is -3.09. The summed E-state index contributed by atoms with van der Waals surface area (Å²) in [7, 11) is 0. The molecule has 8 aliphatic rings. The van der Waals surface area contributed by atoms with Gasteiger partial charge in [0.25, 0.3) is 10.8 Å². The average Bonchev–Trinajstić information content (AvgIpc) is 3.10. The summed E-state index contributed by atoms with van der Waals surface area (Å²) >= 11 is 0. The summed E-state index contributed by atoms with van der Waals surface area (Å²) < 4.78 is 529. The molecule has 0 radical (unpaired) electrons. The van der Waals surface area contributed by atoms with E-state index in [1.54, 1.807) is 0 Å². The third kappa shape index (κ3) is 3.73. The SMILES string of the molecule is CC(O)C(OC(OC(F)(F)C12C(F)(F)C3(F)C(F)(F)C(F)(C(F)(F)C(F)(C3(F)F)C1(F)F)C2(F)F)C(C)O)OC(F)(F)C12C(F)(F)C3(F)C(F)(F)C(F)(C(F)(F)C(F)(C3(F)F)C1(F)F)C2(F)F. The molecule has 0 saturated heterocycles. The number of aliphatic hydroxyl groups excluding tert-OH is 2. The molecule has 392 valence electrons. The van der Waals surface area contributed by atoms with Crippen LogP contribution in [0.4, 0.5) is 149 Å². The van der Waals surface area contributed by atoms with Crippen molar-refractivity contribution < 1.29 is 174 Å². The van der Waals surface area contributed by atoms with Crippen molar-refractivity contribution in [1.82, 2.24) is 0 Å². The first-order valence-electron chi connectivity index (χ1n) is 16.6. The molecule has 8 fully saturated rings. The molecule has 5 nitrogen and oxygen atoms in total. The third-order valence-corrected chi connectivity index (χ3v) is 13.1. The van der Waals surface area contributed by atoms with E-state index in [1.807, 2.05) is 0 Å². The largest absolute Gasteiger partial charge is 0.388 e. The van der Waals surface area contributed by atoms with E-state index in [4.69, 9.17) is 0 Å². The van der Waals surface area contributed by atoms with E-state index in [1.165, 1.54) is 0 Å². The lowest BCUT2D eigenvalue weighted by Gasteiger charge is -2.75. The number of aliphatic hydroxyl groups is 2. The van der Waals surface area contributed by atoms with E-state index in [9.17, 15) is 62.9 Å². The first-order valence-corrected chi connectivity index (χ1v) is 16.6. The summed E-state index contributed by atoms with van der Waals surface area (Å²) in [6.45, 7) is -1.28. The summed E-state index contributed by atoms with van der Waals surface area (Å²) in [5, 5.41) is 19.4. The Morgan fingerprint density at radius 2 is 0.418 bits per heavy atom. The zero-order valence-corrected chi connectivity index (χ0v) is 30.3. The zero-order valence-electron chi connectivity index (χ0n) is 30.3. The lowest BCUT2D eigenvalue weighted by atomic mass is 9.36. The summed E-state index contributed by atoms with van der Waals surface area (Å²) in [5.41, 5.74) is -71.6. The maximum Gasteiger partial charge on any atom is 0.381 e. The number of rotatable bonds is 10. The minimum Gasteiger partial charge on any atom is -0.388 e. The maximum absolute atomic E-state index is 15.9. The van der Waals surface area contributed by atoms with Crippen LogP contribution in [0.15, 0.2) is 0 Å². The molecule has 0 amide bonds. The second-order valence-corrected chi connectivity index (χ2v) is 16.0. The van der Waals surface area contributed by atoms with E-state index in [2.05, 4.69) is 14.2 Å². The number of ether oxygens (including phenoxy) is 3. The van der Waals surface area contributed by atoms with Gasteiger partial charge in [-0.1, -0.05) is 0 Å². The Bertz CT molecular complexity index is 1760. The molecule has 0 spiro atoms. The zero-order chi connectivity index (χ0) is 53.4. The maximum atomic E-state index is 15.9. The molecule has 8 rings (SSSR count). The highest BCUT2D eigenvalue weighted by atomic mass is 19.4. The van der Waals surface area contributed by atoms with Crippen LogP contribution >= 0.6 is 0 Å². The molecule has 67 heavy (non-hydrogen) atoms. The van der Waals surface area contributed by atoms with E-state index in [0.717, 1.165) is 0 Å². The Labute approximate surface area is 341 Å². The highest BCUT2D eigenvalue weighted by Gasteiger charge is 3.27. The van der Waals surface area contributed by atoms with Crippen LogP contribution < -0.4 is 0 Å². The highest BCUT2D eigenvalue weighted by molar-refractivity contribution is 5.55. The van der Waals surface area contributed by atoms with Gasteiger partial charge >= 0.3 is 117 Å². The second kappa shape index (κ2) is 11.8. The average molecular weight is 1070 g/mol. The fraction of sp³-hybridized carbons (Fsp3) is 1.00. The molecule has 8 bridgehead atoms. The Morgan fingerprint density at radius 3 is 0.537 bits per heavy atom. The monoisotopic (exact) mass is 1070 g/mol. The van der Waals surface area contributed by atoms with Crippen LogP contribution in [-0.2, 0) is 14.2 Å². The van der Waals surface area contributed by atoms with Crippen LogP contribution in [0.5, 0.6) is 0 Å². The van der Waals surface area contributed by atoms with Gasteiger partial charge < -0.3 is 14.9 Å². The Morgan fingerprint density at radius 1 is 0.284 bits per heavy atom. The Hall–Kier alpha value is -2.58. The van der Waals surface area contributed by atoms with Gasteiger partial charge in [0, 0.05) is 0 Å². The molecule has 2 N–H and O–H groups in total. The van der Waals surface area contributed by atoms with Crippen LogP contribution in [-0.4, -0.2) is 152 Å². The number of alkyl halides is 34. The fourth-order valence-electron chi connectivity index (χ4n) is 9.88. The van der Waals surface area contributed by atoms with Gasteiger partial charge in [-0.25, -0.2) is 79.0 Å². The first kappa shape index (κ1) is 53.8. The van der Waals surface area contributed by atoms with Crippen molar-refractivity contribution in [3.05, 3.63) is 0 Å². The van der Waals surface area contributed by atoms with Crippen molar-refractivity contribution in [3.8, 4) is 0 Å². The summed E-state index contributed by atoms with van der Waals surface area (Å²) in [5.74, 6) is -108. The van der Waals surface area contributed by atoms with Gasteiger partial charge in [-0.3, -0.25) is 9.47 Å². The predicted octanol–water partition coefficient (Wildman–Crippen LogP) is 9.56. The molecular formula is C28H12F34O5. The van der Waals surface area contributed by atoms with Crippen LogP contribution in [0.25, 0.3) is 0 Å². The smallest absolute Gasteiger partial charge is 0.381 e. The van der Waals surface area contributed by atoms with Crippen molar-refractivity contribution in [3.63, 3.8) is 0 Å². The van der Waals surface area contributed by atoms with Gasteiger partial charge in [0.15, 0.2) is 12.6 Å². The minimum atomic E-state index is -9.18. The quantitative estimate of drug-likeness (QED) is 0.169. The summed E-state index contributed by atoms with van der Waals surface area (Å²) in [4.78, 5) is 0. The molecule has 0 aromatic rings. The molecular weight excluding hydrogens is 1060 g/mol. The van der Waals surface area contributed by atoms with Gasteiger partial charge in [-0.2, -0.15) is 70.2 Å². The fourth-order valence-corrected chi connectivity index (χ4v) is 9.88. The molecule has 0 aliphatic heterocycles. The first-order chi connectivity index (χ1) is 28.8. The Kier molecular flexibility index (Phi) is 9.51. The van der Waals surface area contributed by atoms with Gasteiger partial charge in [0.2, 0.25) is 0 Å². The van der Waals surface area contributed by atoms with Crippen LogP contribution in [0.3, 0.4) is 0 Å². The molecule has 0 heterocycles. The lowest BCUT2D eigenvalue weighted by molar-refractivity contribution is -0.645. The number of halogens is 34. The van der Waals surface area contributed by atoms with Crippen LogP contribution in [0.2, 0.25) is 0 Å². The van der Waals surface area contributed by atoms with Crippen molar-refractivity contribution >= 4 is 0 Å². The standard InChI is InChI=1S/C28H12F34O5/c1-3(63)5(66-27(59,60)7-15(35,36)9(29)21(47,48)10(30,16(7,37)38)23(51,52)11(31,17(7,39)40)22(9,49)50)65-6(4(2)64)67-28(61,62)8-18(41,42)12(32)24(53,54)13(33,19(8,43)44)26(57,58)14(34,20(8,45)46)25(12,55)56/h3-6,63-64H,1-2H3. The topological polar surface area (TPSA) is 68.2 Å². The molecule has 0 aromatic carbocycles. The third-order valence-electron chi connectivity index (χ3n) is 13.1. The van der Waals surface area contributed by atoms with E-state index in [0.29, 0.717) is 0 Å². The number of hydrogen-bond acceptors (Lipinski definition) is 5. The molecule has 0 aromatic heterocycles. The van der Waals surface area contributed by atoms with Gasteiger partial charge in [-0.05, 0) is 13.8 Å². The van der Waals surface area contributed by atoms with Crippen molar-refractivity contribution in [2.24, 2.45) is 10.8 Å². The molecule has 4 unspecified atom stereocenters. The van der Waals surface area contributed by atoms with E-state index >= 15 is 96.6 Å². The van der Waals surface area contributed by atoms with E-state index in [-0.39, 0.29) is 0 Å². The highest BCUT2D eigenvalue weighted by Crippen LogP contribution is 2.95. The van der Waals surface area contributed by atoms with Gasteiger partial charge in [-0.15, -0.1) is 0 Å². The van der Waals surface area contributed by atoms with Crippen LogP contribution in [0.1, 0.15) is 13.8 Å². The minimum absolute atomic E-state index is 0.638. The normalized spacial score (nSPS) is 47.0. The molecule has 39 heteroatoms. The second-order valence-electron chi connectivity index (χ2n) is 16.0. The predicted molar refractivity (Wildman–Crippen MR) is 131 cm³/mol. The Balaban J connectivity index is 1.56. The van der Waals surface area contributed by atoms with E-state index < -0.39 is 167 Å². The van der Waals surface area contributed by atoms with Gasteiger partial charge in [0.1, 0.15) is 12.2 Å². The number of hydrogen-bond donors (Lipinski definition) is 2. The molecule has 4 atom stereocenters. The van der Waals surface area contributed by atoms with Crippen LogP contribution in [0, 0.1) is 10.8 Å². The van der Waals surface area contributed by atoms with Crippen molar-refractivity contribution in [2.75, 3.05) is 0 Å². The summed E-state index contributed by atoms with van der Waals surface area (Å²) in [6.07, 6.45) is -36.3.